The Balaban J connectivity index is 0.00000121. The van der Waals surface area contributed by atoms with Crippen molar-refractivity contribution in [2.45, 2.75) is 6.42 Å². The number of hydrogen-bond donors (Lipinski definition) is 1. The van der Waals surface area contributed by atoms with Crippen LogP contribution >= 0.6 is 0 Å². The number of carboxylic acid groups (broad SMARTS) is 1. The number of rotatable bonds is 2. The van der Waals surface area contributed by atoms with Crippen LogP contribution in [0.5, 0.6) is 0 Å². The second kappa shape index (κ2) is 4.72. The van der Waals surface area contributed by atoms with E-state index >= 15 is 0 Å². The molecular formula is C8H10ClNO2. The van der Waals surface area contributed by atoms with Crippen LogP contribution in [-0.4, -0.2) is 11.1 Å². The van der Waals surface area contributed by atoms with Crippen LogP contribution in [0.25, 0.3) is 0 Å². The summed E-state index contributed by atoms with van der Waals surface area (Å²) in [4.78, 5) is 10.3. The third kappa shape index (κ3) is 3.34. The van der Waals surface area contributed by atoms with E-state index in [1.54, 1.807) is 12.3 Å². The lowest BCUT2D eigenvalue weighted by Crippen LogP contribution is -3.00. The number of hydrogen-bond acceptors (Lipinski definition) is 1. The maximum absolute atomic E-state index is 10.3. The number of pyridine rings is 1. The SMILES string of the molecule is C[n+]1cccc(CC(=O)O)c1.[Cl-]. The lowest BCUT2D eigenvalue weighted by Gasteiger charge is -1.92. The van der Waals surface area contributed by atoms with Gasteiger partial charge in [0.2, 0.25) is 0 Å². The third-order valence-electron chi connectivity index (χ3n) is 1.36. The van der Waals surface area contributed by atoms with E-state index in [-0.39, 0.29) is 18.8 Å². The average Bonchev–Trinajstić information content (AvgIpc) is 1.85. The molecule has 0 spiro atoms. The van der Waals surface area contributed by atoms with Gasteiger partial charge < -0.3 is 17.5 Å². The van der Waals surface area contributed by atoms with E-state index < -0.39 is 5.97 Å². The molecule has 1 rings (SSSR count). The first-order valence-electron chi connectivity index (χ1n) is 3.34. The summed E-state index contributed by atoms with van der Waals surface area (Å²) in [5, 5.41) is 8.45. The average molecular weight is 188 g/mol. The molecule has 1 aromatic heterocycles. The first-order valence-corrected chi connectivity index (χ1v) is 3.34. The van der Waals surface area contributed by atoms with Crippen LogP contribution < -0.4 is 17.0 Å². The van der Waals surface area contributed by atoms with Gasteiger partial charge in [0.05, 0.1) is 6.42 Å². The quantitative estimate of drug-likeness (QED) is 0.507. The Kier molecular flexibility index (Phi) is 4.29. The molecule has 1 heterocycles. The molecule has 0 bridgehead atoms. The van der Waals surface area contributed by atoms with Crippen LogP contribution in [0.15, 0.2) is 24.5 Å². The molecule has 0 amide bonds. The molecule has 0 fully saturated rings. The van der Waals surface area contributed by atoms with Crippen molar-refractivity contribution in [3.05, 3.63) is 30.1 Å². The predicted octanol–water partition coefficient (Wildman–Crippen LogP) is -2.86. The molecule has 0 aliphatic rings. The van der Waals surface area contributed by atoms with Crippen molar-refractivity contribution in [3.63, 3.8) is 0 Å². The van der Waals surface area contributed by atoms with Gasteiger partial charge in [0.25, 0.3) is 0 Å². The Morgan fingerprint density at radius 2 is 2.33 bits per heavy atom. The van der Waals surface area contributed by atoms with Gasteiger partial charge in [0, 0.05) is 11.6 Å². The van der Waals surface area contributed by atoms with E-state index in [0.29, 0.717) is 0 Å². The molecular weight excluding hydrogens is 178 g/mol. The molecule has 0 aliphatic heterocycles. The molecule has 0 saturated heterocycles. The van der Waals surface area contributed by atoms with Gasteiger partial charge in [-0.15, -0.1) is 0 Å². The highest BCUT2D eigenvalue weighted by molar-refractivity contribution is 5.69. The zero-order valence-corrected chi connectivity index (χ0v) is 7.45. The van der Waals surface area contributed by atoms with Gasteiger partial charge >= 0.3 is 5.97 Å². The highest BCUT2D eigenvalue weighted by Gasteiger charge is 2.02. The van der Waals surface area contributed by atoms with Crippen LogP contribution in [-0.2, 0) is 18.3 Å². The zero-order valence-electron chi connectivity index (χ0n) is 6.70. The van der Waals surface area contributed by atoms with Gasteiger partial charge in [0.1, 0.15) is 7.05 Å². The van der Waals surface area contributed by atoms with E-state index in [0.717, 1.165) is 5.56 Å². The molecule has 0 aromatic carbocycles. The van der Waals surface area contributed by atoms with Crippen molar-refractivity contribution in [1.82, 2.24) is 0 Å². The second-order valence-corrected chi connectivity index (χ2v) is 2.45. The molecule has 66 valence electrons. The molecule has 0 aliphatic carbocycles. The summed E-state index contributed by atoms with van der Waals surface area (Å²) in [5.74, 6) is -0.795. The lowest BCUT2D eigenvalue weighted by molar-refractivity contribution is -0.671. The Morgan fingerprint density at radius 3 is 2.83 bits per heavy atom. The van der Waals surface area contributed by atoms with Gasteiger partial charge in [-0.25, -0.2) is 4.57 Å². The number of aryl methyl sites for hydroxylation is 1. The van der Waals surface area contributed by atoms with Crippen LogP contribution in [0, 0.1) is 0 Å². The summed E-state index contributed by atoms with van der Waals surface area (Å²) in [6.07, 6.45) is 3.76. The van der Waals surface area contributed by atoms with E-state index in [1.165, 1.54) is 0 Å². The minimum atomic E-state index is -0.795. The standard InChI is InChI=1S/C8H9NO2.ClH/c1-9-4-2-3-7(6-9)5-8(10)11;/h2-4,6H,5H2,1H3;1H. The maximum atomic E-state index is 10.3. The summed E-state index contributed by atoms with van der Waals surface area (Å²) < 4.78 is 1.83. The largest absolute Gasteiger partial charge is 1.00 e. The Bertz CT molecular complexity index is 276. The molecule has 1 aromatic rings. The third-order valence-corrected chi connectivity index (χ3v) is 1.36. The van der Waals surface area contributed by atoms with Crippen molar-refractivity contribution < 1.29 is 26.9 Å². The van der Waals surface area contributed by atoms with Gasteiger partial charge in [-0.1, -0.05) is 0 Å². The highest BCUT2D eigenvalue weighted by Crippen LogP contribution is 1.94. The van der Waals surface area contributed by atoms with E-state index in [4.69, 9.17) is 5.11 Å². The first-order chi connectivity index (χ1) is 5.18. The maximum Gasteiger partial charge on any atom is 0.308 e. The Hall–Kier alpha value is -1.09. The van der Waals surface area contributed by atoms with Gasteiger partial charge in [-0.2, -0.15) is 0 Å². The van der Waals surface area contributed by atoms with Gasteiger partial charge in [-0.05, 0) is 6.07 Å². The molecule has 1 N–H and O–H groups in total. The van der Waals surface area contributed by atoms with Crippen molar-refractivity contribution in [2.24, 2.45) is 7.05 Å². The molecule has 0 radical (unpaired) electrons. The highest BCUT2D eigenvalue weighted by atomic mass is 35.5. The summed E-state index contributed by atoms with van der Waals surface area (Å²) >= 11 is 0. The molecule has 0 saturated carbocycles. The number of carbonyl (C=O) groups is 1. The van der Waals surface area contributed by atoms with Crippen molar-refractivity contribution in [1.29, 1.82) is 0 Å². The minimum Gasteiger partial charge on any atom is -1.00 e. The second-order valence-electron chi connectivity index (χ2n) is 2.45. The molecule has 0 atom stereocenters. The fraction of sp³-hybridized carbons (Fsp3) is 0.250. The van der Waals surface area contributed by atoms with Crippen LogP contribution in [0.2, 0.25) is 0 Å². The Morgan fingerprint density at radius 1 is 1.67 bits per heavy atom. The summed E-state index contributed by atoms with van der Waals surface area (Å²) in [7, 11) is 1.87. The van der Waals surface area contributed by atoms with Crippen molar-refractivity contribution in [3.8, 4) is 0 Å². The minimum absolute atomic E-state index is 0. The van der Waals surface area contributed by atoms with Crippen LogP contribution in [0.1, 0.15) is 5.56 Å². The van der Waals surface area contributed by atoms with Crippen molar-refractivity contribution >= 4 is 5.97 Å². The Labute approximate surface area is 77.1 Å². The van der Waals surface area contributed by atoms with Crippen molar-refractivity contribution in [2.75, 3.05) is 0 Å². The molecule has 3 nitrogen and oxygen atoms in total. The molecule has 12 heavy (non-hydrogen) atoms. The van der Waals surface area contributed by atoms with E-state index in [1.807, 2.05) is 23.9 Å². The summed E-state index contributed by atoms with van der Waals surface area (Å²) in [6, 6.07) is 3.63. The fourth-order valence-electron chi connectivity index (χ4n) is 0.929. The molecule has 4 heteroatoms. The van der Waals surface area contributed by atoms with Gasteiger partial charge in [-0.3, -0.25) is 4.79 Å². The number of carboxylic acids is 1. The number of aliphatic carboxylic acids is 1. The van der Waals surface area contributed by atoms with E-state index in [9.17, 15) is 4.79 Å². The fourth-order valence-corrected chi connectivity index (χ4v) is 0.929. The van der Waals surface area contributed by atoms with Gasteiger partial charge in [0.15, 0.2) is 12.4 Å². The zero-order chi connectivity index (χ0) is 8.27. The smallest absolute Gasteiger partial charge is 0.308 e. The number of halogens is 1. The number of nitrogens with zero attached hydrogens (tertiary/aromatic N) is 1. The van der Waals surface area contributed by atoms with Crippen LogP contribution in [0.4, 0.5) is 0 Å². The predicted molar refractivity (Wildman–Crippen MR) is 39.0 cm³/mol. The van der Waals surface area contributed by atoms with Crippen LogP contribution in [0.3, 0.4) is 0 Å². The van der Waals surface area contributed by atoms with E-state index in [2.05, 4.69) is 0 Å². The lowest BCUT2D eigenvalue weighted by atomic mass is 10.2. The summed E-state index contributed by atoms with van der Waals surface area (Å²) in [5.41, 5.74) is 0.822. The monoisotopic (exact) mass is 187 g/mol. The first kappa shape index (κ1) is 10.9. The molecule has 0 unspecified atom stereocenters. The normalized spacial score (nSPS) is 8.75. The topological polar surface area (TPSA) is 41.2 Å². The summed E-state index contributed by atoms with van der Waals surface area (Å²) in [6.45, 7) is 0. The number of aromatic nitrogens is 1.